The van der Waals surface area contributed by atoms with E-state index < -0.39 is 10.0 Å². The van der Waals surface area contributed by atoms with Crippen LogP contribution in [0.4, 0.5) is 0 Å². The molecule has 156 valence electrons. The van der Waals surface area contributed by atoms with Crippen LogP contribution < -0.4 is 4.74 Å². The molecule has 3 heterocycles. The second-order valence-electron chi connectivity index (χ2n) is 7.57. The summed E-state index contributed by atoms with van der Waals surface area (Å²) in [6, 6.07) is 6.43. The number of aromatic nitrogens is 2. The van der Waals surface area contributed by atoms with E-state index in [1.807, 2.05) is 4.90 Å². The maximum atomic E-state index is 13.1. The molecule has 1 aromatic carbocycles. The molecule has 1 amide bonds. The van der Waals surface area contributed by atoms with E-state index in [0.717, 1.165) is 44.5 Å². The number of piperidine rings is 1. The lowest BCUT2D eigenvalue weighted by atomic mass is 9.93. The summed E-state index contributed by atoms with van der Waals surface area (Å²) in [5.41, 5.74) is 1.32. The van der Waals surface area contributed by atoms with Crippen LogP contribution in [0.5, 0.6) is 5.75 Å². The molecular weight excluding hydrogens is 392 g/mol. The molecule has 2 aromatic rings. The van der Waals surface area contributed by atoms with Crippen molar-refractivity contribution < 1.29 is 17.9 Å². The Hall–Kier alpha value is -2.39. The van der Waals surface area contributed by atoms with Gasteiger partial charge in [0.15, 0.2) is 0 Å². The molecule has 2 aliphatic rings. The summed E-state index contributed by atoms with van der Waals surface area (Å²) in [6.07, 6.45) is 5.17. The Balaban J connectivity index is 1.54. The number of amides is 1. The smallest absolute Gasteiger partial charge is 0.257 e. The van der Waals surface area contributed by atoms with E-state index in [1.165, 1.54) is 4.31 Å². The van der Waals surface area contributed by atoms with E-state index in [4.69, 9.17) is 4.74 Å². The second-order valence-corrected chi connectivity index (χ2v) is 9.51. The Kier molecular flexibility index (Phi) is 5.60. The number of benzene rings is 1. The summed E-state index contributed by atoms with van der Waals surface area (Å²) >= 11 is 0. The van der Waals surface area contributed by atoms with Crippen molar-refractivity contribution in [2.24, 2.45) is 0 Å². The van der Waals surface area contributed by atoms with Crippen LogP contribution in [0.25, 0.3) is 0 Å². The van der Waals surface area contributed by atoms with E-state index in [0.29, 0.717) is 24.4 Å². The fourth-order valence-electron chi connectivity index (χ4n) is 4.16. The maximum Gasteiger partial charge on any atom is 0.257 e. The lowest BCUT2D eigenvalue weighted by Gasteiger charge is -2.32. The molecule has 2 aliphatic heterocycles. The zero-order valence-electron chi connectivity index (χ0n) is 16.5. The summed E-state index contributed by atoms with van der Waals surface area (Å²) < 4.78 is 32.9. The molecular formula is C20H26N4O4S. The lowest BCUT2D eigenvalue weighted by molar-refractivity contribution is 0.0791. The van der Waals surface area contributed by atoms with Crippen molar-refractivity contribution in [2.75, 3.05) is 33.3 Å². The molecule has 8 nitrogen and oxygen atoms in total. The van der Waals surface area contributed by atoms with Crippen molar-refractivity contribution in [1.29, 1.82) is 0 Å². The van der Waals surface area contributed by atoms with Gasteiger partial charge in [0.05, 0.1) is 29.5 Å². The highest BCUT2D eigenvalue weighted by atomic mass is 32.2. The van der Waals surface area contributed by atoms with Gasteiger partial charge in [0, 0.05) is 32.1 Å². The third-order valence-electron chi connectivity index (χ3n) is 5.78. The molecule has 0 aliphatic carbocycles. The molecule has 1 aromatic heterocycles. The first kappa shape index (κ1) is 19.9. The molecule has 0 spiro atoms. The van der Waals surface area contributed by atoms with E-state index in [2.05, 4.69) is 10.2 Å². The van der Waals surface area contributed by atoms with E-state index in [-0.39, 0.29) is 16.7 Å². The topological polar surface area (TPSA) is 95.6 Å². The molecule has 0 unspecified atom stereocenters. The van der Waals surface area contributed by atoms with Gasteiger partial charge in [0.2, 0.25) is 10.0 Å². The van der Waals surface area contributed by atoms with Crippen LogP contribution >= 0.6 is 0 Å². The minimum atomic E-state index is -3.61. The number of carbonyl (C=O) groups is 1. The first-order valence-electron chi connectivity index (χ1n) is 9.97. The van der Waals surface area contributed by atoms with Crippen LogP contribution in [0.2, 0.25) is 0 Å². The number of rotatable bonds is 5. The number of nitrogens with one attached hydrogen (secondary N) is 1. The van der Waals surface area contributed by atoms with Gasteiger partial charge in [-0.1, -0.05) is 0 Å². The molecule has 2 saturated heterocycles. The average Bonchev–Trinajstić information content (AvgIpc) is 3.45. The van der Waals surface area contributed by atoms with Gasteiger partial charge in [-0.05, 0) is 49.9 Å². The monoisotopic (exact) mass is 418 g/mol. The number of likely N-dealkylation sites (tertiary alicyclic amines) is 1. The van der Waals surface area contributed by atoms with Gasteiger partial charge in [0.1, 0.15) is 5.75 Å². The first-order valence-corrected chi connectivity index (χ1v) is 11.4. The number of nitrogens with zero attached hydrogens (tertiary/aromatic N) is 3. The van der Waals surface area contributed by atoms with Gasteiger partial charge in [-0.2, -0.15) is 9.40 Å². The van der Waals surface area contributed by atoms with Crippen molar-refractivity contribution in [3.05, 3.63) is 41.7 Å². The molecule has 0 bridgehead atoms. The highest BCUT2D eigenvalue weighted by Crippen LogP contribution is 2.32. The summed E-state index contributed by atoms with van der Waals surface area (Å²) in [6.45, 7) is 2.34. The number of hydrogen-bond acceptors (Lipinski definition) is 5. The van der Waals surface area contributed by atoms with Crippen molar-refractivity contribution in [2.45, 2.75) is 36.5 Å². The number of H-pyrrole nitrogens is 1. The minimum Gasteiger partial charge on any atom is -0.497 e. The van der Waals surface area contributed by atoms with Gasteiger partial charge in [-0.25, -0.2) is 8.42 Å². The molecule has 2 fully saturated rings. The van der Waals surface area contributed by atoms with Gasteiger partial charge in [-0.15, -0.1) is 0 Å². The van der Waals surface area contributed by atoms with Crippen LogP contribution in [0.3, 0.4) is 0 Å². The van der Waals surface area contributed by atoms with E-state index in [9.17, 15) is 13.2 Å². The molecule has 9 heteroatoms. The van der Waals surface area contributed by atoms with Crippen LogP contribution in [0.1, 0.15) is 47.7 Å². The summed E-state index contributed by atoms with van der Waals surface area (Å²) in [7, 11) is -2.07. The van der Waals surface area contributed by atoms with Gasteiger partial charge in [0.25, 0.3) is 5.91 Å². The predicted octanol–water partition coefficient (Wildman–Crippen LogP) is 2.22. The Labute approximate surface area is 170 Å². The molecule has 0 saturated carbocycles. The maximum absolute atomic E-state index is 13.1. The molecule has 1 atom stereocenters. The number of ether oxygens (including phenoxy) is 1. The SMILES string of the molecule is COc1ccc(S(=O)(=O)N2CCC[C@H](c3[nH]ncc3C(=O)N3CCCC3)C2)cc1. The Morgan fingerprint density at radius 1 is 1.14 bits per heavy atom. The summed E-state index contributed by atoms with van der Waals surface area (Å²) in [5.74, 6) is 0.519. The Morgan fingerprint density at radius 2 is 1.86 bits per heavy atom. The van der Waals surface area contributed by atoms with Crippen LogP contribution in [0, 0.1) is 0 Å². The summed E-state index contributed by atoms with van der Waals surface area (Å²) in [5, 5.41) is 7.07. The van der Waals surface area contributed by atoms with Crippen molar-refractivity contribution in [3.8, 4) is 5.75 Å². The highest BCUT2D eigenvalue weighted by molar-refractivity contribution is 7.89. The molecule has 1 N–H and O–H groups in total. The van der Waals surface area contributed by atoms with Crippen LogP contribution in [-0.4, -0.2) is 67.0 Å². The number of carbonyl (C=O) groups excluding carboxylic acids is 1. The van der Waals surface area contributed by atoms with Crippen molar-refractivity contribution in [3.63, 3.8) is 0 Å². The number of hydrogen-bond donors (Lipinski definition) is 1. The normalized spacial score (nSPS) is 20.7. The zero-order valence-corrected chi connectivity index (χ0v) is 17.3. The number of sulfonamides is 1. The van der Waals surface area contributed by atoms with Crippen LogP contribution in [0.15, 0.2) is 35.4 Å². The molecule has 0 radical (unpaired) electrons. The lowest BCUT2D eigenvalue weighted by Crippen LogP contribution is -2.39. The molecule has 4 rings (SSSR count). The first-order chi connectivity index (χ1) is 14.0. The van der Waals surface area contributed by atoms with Crippen molar-refractivity contribution >= 4 is 15.9 Å². The van der Waals surface area contributed by atoms with E-state index in [1.54, 1.807) is 37.6 Å². The predicted molar refractivity (Wildman–Crippen MR) is 107 cm³/mol. The second kappa shape index (κ2) is 8.16. The van der Waals surface area contributed by atoms with Crippen molar-refractivity contribution in [1.82, 2.24) is 19.4 Å². The zero-order chi connectivity index (χ0) is 20.4. The average molecular weight is 419 g/mol. The number of aromatic amines is 1. The minimum absolute atomic E-state index is 0.0126. The Bertz CT molecular complexity index is 965. The fraction of sp³-hybridized carbons (Fsp3) is 0.500. The fourth-order valence-corrected chi connectivity index (χ4v) is 5.69. The highest BCUT2D eigenvalue weighted by Gasteiger charge is 2.34. The number of methoxy groups -OCH3 is 1. The third kappa shape index (κ3) is 3.89. The molecule has 29 heavy (non-hydrogen) atoms. The van der Waals surface area contributed by atoms with Gasteiger partial charge < -0.3 is 9.64 Å². The summed E-state index contributed by atoms with van der Waals surface area (Å²) in [4.78, 5) is 15.0. The van der Waals surface area contributed by atoms with Gasteiger partial charge >= 0.3 is 0 Å². The largest absolute Gasteiger partial charge is 0.497 e. The standard InChI is InChI=1S/C20H26N4O4S/c1-28-16-6-8-17(9-7-16)29(26,27)24-12-4-5-15(14-24)19-18(13-21-22-19)20(25)23-10-2-3-11-23/h6-9,13,15H,2-5,10-12,14H2,1H3,(H,21,22)/t15-/m0/s1. The van der Waals surface area contributed by atoms with E-state index >= 15 is 0 Å². The van der Waals surface area contributed by atoms with Gasteiger partial charge in [-0.3, -0.25) is 9.89 Å². The third-order valence-corrected chi connectivity index (χ3v) is 7.66. The Morgan fingerprint density at radius 3 is 2.55 bits per heavy atom. The van der Waals surface area contributed by atoms with Crippen LogP contribution in [-0.2, 0) is 10.0 Å². The quantitative estimate of drug-likeness (QED) is 0.803.